The number of benzene rings is 2. The first-order valence-corrected chi connectivity index (χ1v) is 11.2. The highest BCUT2D eigenvalue weighted by Crippen LogP contribution is 2.28. The fourth-order valence-electron chi connectivity index (χ4n) is 4.15. The Morgan fingerprint density at radius 2 is 1.55 bits per heavy atom. The van der Waals surface area contributed by atoms with Gasteiger partial charge in [0, 0.05) is 45.5 Å². The molecule has 0 unspecified atom stereocenters. The molecule has 1 aliphatic rings. The summed E-state index contributed by atoms with van der Waals surface area (Å²) in [6, 6.07) is 21.1. The summed E-state index contributed by atoms with van der Waals surface area (Å²) in [5.41, 5.74) is 1.66. The molecular weight excluding hydrogens is 415 g/mol. The third-order valence-corrected chi connectivity index (χ3v) is 5.95. The minimum Gasteiger partial charge on any atom is -0.496 e. The molecule has 0 spiro atoms. The number of methoxy groups -OCH3 is 2. The van der Waals surface area contributed by atoms with Crippen LogP contribution in [0.25, 0.3) is 0 Å². The predicted molar refractivity (Wildman–Crippen MR) is 131 cm³/mol. The van der Waals surface area contributed by atoms with Crippen molar-refractivity contribution in [3.05, 3.63) is 78.5 Å². The summed E-state index contributed by atoms with van der Waals surface area (Å²) >= 11 is 0. The van der Waals surface area contributed by atoms with Crippen molar-refractivity contribution in [3.63, 3.8) is 0 Å². The molecule has 7 nitrogen and oxygen atoms in total. The highest BCUT2D eigenvalue weighted by Gasteiger charge is 2.24. The number of para-hydroxylation sites is 3. The summed E-state index contributed by atoms with van der Waals surface area (Å²) in [4.78, 5) is 24.4. The van der Waals surface area contributed by atoms with Gasteiger partial charge < -0.3 is 14.4 Å². The SMILES string of the molecule is COc1ccccc1[11C](=O)N(CCN1CCN(c2ccccc2OC)CC1)c1ccccn1. The lowest BCUT2D eigenvalue weighted by atomic mass is 9.85. The van der Waals surface area contributed by atoms with E-state index in [0.717, 1.165) is 44.2 Å². The van der Waals surface area contributed by atoms with Crippen LogP contribution in [0.15, 0.2) is 72.9 Å². The molecule has 2 aromatic carbocycles. The second-order valence-corrected chi connectivity index (χ2v) is 7.85. The van der Waals surface area contributed by atoms with E-state index in [1.807, 2.05) is 48.5 Å². The number of carbonyl (C=O) groups is 1. The quantitative estimate of drug-likeness (QED) is 0.528. The molecule has 0 saturated carbocycles. The number of pyridine rings is 1. The summed E-state index contributed by atoms with van der Waals surface area (Å²) < 4.78 is 10.9. The number of rotatable bonds is 8. The van der Waals surface area contributed by atoms with Crippen LogP contribution in [0.3, 0.4) is 0 Å². The number of hydrogen-bond acceptors (Lipinski definition) is 6. The fourth-order valence-corrected chi connectivity index (χ4v) is 4.15. The molecule has 7 heteroatoms. The Balaban J connectivity index is 1.43. The maximum Gasteiger partial charge on any atom is 0.263 e. The number of ether oxygens (including phenoxy) is 2. The standard InChI is InChI=1S/C26H30N4O3/c1-32-23-11-5-3-9-21(23)26(31)30(25-13-7-8-14-27-25)20-17-28-15-18-29(19-16-28)22-10-4-6-12-24(22)33-2/h3-14H,15-20H2,1-2H3/i26-1. The lowest BCUT2D eigenvalue weighted by Crippen LogP contribution is -2.49. The first-order chi connectivity index (χ1) is 16.2. The zero-order chi connectivity index (χ0) is 23.0. The van der Waals surface area contributed by atoms with Crippen molar-refractivity contribution in [2.45, 2.75) is 0 Å². The molecule has 0 atom stereocenters. The minimum atomic E-state index is -0.112. The third-order valence-electron chi connectivity index (χ3n) is 5.95. The number of nitrogens with zero attached hydrogens (tertiary/aromatic N) is 4. The largest absolute Gasteiger partial charge is 0.496 e. The van der Waals surface area contributed by atoms with Crippen LogP contribution in [0.1, 0.15) is 10.4 Å². The molecule has 33 heavy (non-hydrogen) atoms. The smallest absolute Gasteiger partial charge is 0.263 e. The first kappa shape index (κ1) is 22.6. The van der Waals surface area contributed by atoms with Crippen LogP contribution in [0.4, 0.5) is 11.5 Å². The van der Waals surface area contributed by atoms with Gasteiger partial charge in [-0.05, 0) is 36.4 Å². The molecule has 1 aromatic heterocycles. The lowest BCUT2D eigenvalue weighted by Gasteiger charge is -2.37. The Kier molecular flexibility index (Phi) is 7.42. The van der Waals surface area contributed by atoms with Gasteiger partial charge in [-0.15, -0.1) is 0 Å². The zero-order valence-corrected chi connectivity index (χ0v) is 19.2. The molecular formula is C26H30N4O3. The van der Waals surface area contributed by atoms with Gasteiger partial charge in [-0.3, -0.25) is 14.6 Å². The summed E-state index contributed by atoms with van der Waals surface area (Å²) in [6.45, 7) is 4.95. The predicted octanol–water partition coefficient (Wildman–Crippen LogP) is 3.57. The zero-order valence-electron chi connectivity index (χ0n) is 19.2. The molecule has 3 aromatic rings. The second-order valence-electron chi connectivity index (χ2n) is 7.85. The van der Waals surface area contributed by atoms with Gasteiger partial charge in [-0.25, -0.2) is 4.98 Å². The van der Waals surface area contributed by atoms with E-state index in [4.69, 9.17) is 9.47 Å². The van der Waals surface area contributed by atoms with Gasteiger partial charge in [0.2, 0.25) is 0 Å². The van der Waals surface area contributed by atoms with Crippen molar-refractivity contribution < 1.29 is 14.3 Å². The van der Waals surface area contributed by atoms with E-state index < -0.39 is 0 Å². The Hall–Kier alpha value is -3.58. The van der Waals surface area contributed by atoms with Gasteiger partial charge in [-0.1, -0.05) is 30.3 Å². The van der Waals surface area contributed by atoms with Gasteiger partial charge in [0.15, 0.2) is 0 Å². The van der Waals surface area contributed by atoms with Crippen LogP contribution < -0.4 is 19.3 Å². The highest BCUT2D eigenvalue weighted by molar-refractivity contribution is 6.07. The summed E-state index contributed by atoms with van der Waals surface area (Å²) in [7, 11) is 3.29. The Morgan fingerprint density at radius 3 is 2.24 bits per heavy atom. The first-order valence-electron chi connectivity index (χ1n) is 11.2. The van der Waals surface area contributed by atoms with Crippen molar-refractivity contribution in [1.29, 1.82) is 0 Å². The van der Waals surface area contributed by atoms with Gasteiger partial charge in [0.05, 0.1) is 25.5 Å². The number of hydrogen-bond donors (Lipinski definition) is 0. The van der Waals surface area contributed by atoms with Crippen LogP contribution in [0.5, 0.6) is 11.5 Å². The van der Waals surface area contributed by atoms with Crippen LogP contribution in [-0.4, -0.2) is 69.3 Å². The van der Waals surface area contributed by atoms with Gasteiger partial charge in [0.1, 0.15) is 17.3 Å². The molecule has 172 valence electrons. The van der Waals surface area contributed by atoms with E-state index in [-0.39, 0.29) is 5.91 Å². The van der Waals surface area contributed by atoms with Crippen molar-refractivity contribution in [2.75, 3.05) is 63.3 Å². The number of piperazine rings is 1. The Bertz CT molecular complexity index is 1050. The van der Waals surface area contributed by atoms with E-state index in [1.54, 1.807) is 37.4 Å². The maximum atomic E-state index is 13.5. The van der Waals surface area contributed by atoms with Crippen LogP contribution in [-0.2, 0) is 0 Å². The molecule has 0 radical (unpaired) electrons. The van der Waals surface area contributed by atoms with Crippen molar-refractivity contribution in [3.8, 4) is 11.5 Å². The Labute approximate surface area is 195 Å². The molecule has 0 aliphatic carbocycles. The number of aromatic nitrogens is 1. The molecule has 0 bridgehead atoms. The molecule has 1 amide bonds. The summed E-state index contributed by atoms with van der Waals surface area (Å²) in [5, 5.41) is 0. The number of carbonyl (C=O) groups excluding carboxylic acids is 1. The van der Waals surface area contributed by atoms with Crippen molar-refractivity contribution >= 4 is 17.4 Å². The highest BCUT2D eigenvalue weighted by atomic mass is 16.5. The number of amides is 1. The van der Waals surface area contributed by atoms with Gasteiger partial charge >= 0.3 is 0 Å². The van der Waals surface area contributed by atoms with Gasteiger partial charge in [-0.2, -0.15) is 0 Å². The summed E-state index contributed by atoms with van der Waals surface area (Å²) in [5.74, 6) is 1.99. The second kappa shape index (κ2) is 10.8. The number of anilines is 2. The van der Waals surface area contributed by atoms with Crippen LogP contribution in [0, 0.1) is 0 Å². The topological polar surface area (TPSA) is 58.1 Å². The van der Waals surface area contributed by atoms with Crippen LogP contribution in [0.2, 0.25) is 0 Å². The molecule has 1 fully saturated rings. The summed E-state index contributed by atoms with van der Waals surface area (Å²) in [6.07, 6.45) is 1.71. The Morgan fingerprint density at radius 1 is 0.879 bits per heavy atom. The van der Waals surface area contributed by atoms with Crippen LogP contribution >= 0.6 is 0 Å². The van der Waals surface area contributed by atoms with Crippen molar-refractivity contribution in [2.24, 2.45) is 0 Å². The molecule has 1 aliphatic heterocycles. The van der Waals surface area contributed by atoms with E-state index >= 15 is 0 Å². The maximum absolute atomic E-state index is 13.5. The average Bonchev–Trinajstić information content (AvgIpc) is 2.89. The normalized spacial score (nSPS) is 14.1. The monoisotopic (exact) mass is 445 g/mol. The van der Waals surface area contributed by atoms with E-state index in [9.17, 15) is 4.79 Å². The van der Waals surface area contributed by atoms with E-state index in [2.05, 4.69) is 20.9 Å². The van der Waals surface area contributed by atoms with E-state index in [0.29, 0.717) is 23.7 Å². The third kappa shape index (κ3) is 5.26. The van der Waals surface area contributed by atoms with E-state index in [1.165, 1.54) is 0 Å². The van der Waals surface area contributed by atoms with Gasteiger partial charge in [0.25, 0.3) is 5.91 Å². The molecule has 1 saturated heterocycles. The molecule has 0 N–H and O–H groups in total. The molecule has 4 rings (SSSR count). The molecule has 2 heterocycles. The lowest BCUT2D eigenvalue weighted by molar-refractivity contribution is 0.0979. The van der Waals surface area contributed by atoms with Crippen molar-refractivity contribution in [1.82, 2.24) is 9.88 Å². The fraction of sp³-hybridized carbons (Fsp3) is 0.308. The average molecular weight is 446 g/mol. The minimum absolute atomic E-state index is 0.112.